The first-order chi connectivity index (χ1) is 6.50. The summed E-state index contributed by atoms with van der Waals surface area (Å²) in [5, 5.41) is 0. The quantitative estimate of drug-likeness (QED) is 0.393. The Labute approximate surface area is 78.4 Å². The molecule has 5 nitrogen and oxygen atoms in total. The van der Waals surface area contributed by atoms with Crippen molar-refractivity contribution >= 4 is 17.7 Å². The van der Waals surface area contributed by atoms with Gasteiger partial charge in [0.15, 0.2) is 0 Å². The van der Waals surface area contributed by atoms with Crippen molar-refractivity contribution in [3.8, 4) is 0 Å². The van der Waals surface area contributed by atoms with Crippen molar-refractivity contribution in [1.29, 1.82) is 0 Å². The van der Waals surface area contributed by atoms with Crippen LogP contribution in [0, 0.1) is 5.82 Å². The second-order valence-electron chi connectivity index (χ2n) is 2.45. The van der Waals surface area contributed by atoms with Crippen molar-refractivity contribution in [2.45, 2.75) is 0 Å². The summed E-state index contributed by atoms with van der Waals surface area (Å²) in [5.74, 6) is -2.01. The van der Waals surface area contributed by atoms with Gasteiger partial charge in [0.2, 0.25) is 0 Å². The van der Waals surface area contributed by atoms with Crippen LogP contribution in [0.2, 0.25) is 0 Å². The Morgan fingerprint density at radius 2 is 2.00 bits per heavy atom. The Bertz CT molecular complexity index is 392. The first kappa shape index (κ1) is 9.97. The van der Waals surface area contributed by atoms with Crippen molar-refractivity contribution < 1.29 is 18.7 Å². The minimum atomic E-state index is -1.29. The van der Waals surface area contributed by atoms with Gasteiger partial charge in [-0.1, -0.05) is 0 Å². The Hall–Kier alpha value is -2.11. The summed E-state index contributed by atoms with van der Waals surface area (Å²) in [4.78, 5) is 21.2. The zero-order valence-corrected chi connectivity index (χ0v) is 6.99. The van der Waals surface area contributed by atoms with Gasteiger partial charge in [0.25, 0.3) is 0 Å². The molecule has 0 saturated carbocycles. The fraction of sp³-hybridized carbons (Fsp3) is 0. The molecule has 0 fully saturated rings. The number of carbonyl (C=O) groups excluding carboxylic acids is 2. The molecule has 0 radical (unpaired) electrons. The molecule has 0 aliphatic rings. The van der Waals surface area contributed by atoms with E-state index in [1.54, 1.807) is 0 Å². The normalized spacial score (nSPS) is 9.50. The summed E-state index contributed by atoms with van der Waals surface area (Å²) >= 11 is 0. The summed E-state index contributed by atoms with van der Waals surface area (Å²) in [5.41, 5.74) is 9.60. The van der Waals surface area contributed by atoms with Gasteiger partial charge in [0, 0.05) is 5.69 Å². The third-order valence-electron chi connectivity index (χ3n) is 1.41. The van der Waals surface area contributed by atoms with Gasteiger partial charge in [-0.25, -0.2) is 14.0 Å². The molecule has 1 amide bonds. The van der Waals surface area contributed by atoms with E-state index in [1.807, 2.05) is 0 Å². The van der Waals surface area contributed by atoms with Crippen molar-refractivity contribution in [2.24, 2.45) is 5.73 Å². The molecule has 0 saturated heterocycles. The van der Waals surface area contributed by atoms with Crippen LogP contribution in [-0.2, 0) is 4.74 Å². The minimum Gasteiger partial charge on any atom is -0.399 e. The zero-order valence-electron chi connectivity index (χ0n) is 6.99. The van der Waals surface area contributed by atoms with Crippen LogP contribution in [0.4, 0.5) is 14.9 Å². The zero-order chi connectivity index (χ0) is 10.7. The third kappa shape index (κ3) is 2.19. The van der Waals surface area contributed by atoms with E-state index in [2.05, 4.69) is 10.5 Å². The van der Waals surface area contributed by atoms with E-state index in [-0.39, 0.29) is 5.69 Å². The van der Waals surface area contributed by atoms with Crippen molar-refractivity contribution in [3.63, 3.8) is 0 Å². The van der Waals surface area contributed by atoms with Gasteiger partial charge in [-0.2, -0.15) is 0 Å². The first-order valence-electron chi connectivity index (χ1n) is 3.57. The average molecular weight is 198 g/mol. The first-order valence-corrected chi connectivity index (χ1v) is 3.57. The van der Waals surface area contributed by atoms with Crippen LogP contribution in [0.5, 0.6) is 0 Å². The molecule has 0 bridgehead atoms. The van der Waals surface area contributed by atoms with E-state index < -0.39 is 23.4 Å². The molecule has 0 aromatic heterocycles. The summed E-state index contributed by atoms with van der Waals surface area (Å²) in [6, 6.07) is 3.36. The monoisotopic (exact) mass is 198 g/mol. The molecule has 0 atom stereocenters. The van der Waals surface area contributed by atoms with Crippen LogP contribution in [-0.4, -0.2) is 12.1 Å². The highest BCUT2D eigenvalue weighted by Gasteiger charge is 2.15. The van der Waals surface area contributed by atoms with Gasteiger partial charge in [-0.3, -0.25) is 0 Å². The number of carbonyl (C=O) groups is 2. The molecular weight excluding hydrogens is 191 g/mol. The van der Waals surface area contributed by atoms with E-state index >= 15 is 0 Å². The van der Waals surface area contributed by atoms with Crippen LogP contribution in [0.25, 0.3) is 0 Å². The molecule has 6 heteroatoms. The molecular formula is C8H7FN2O3. The van der Waals surface area contributed by atoms with Crippen molar-refractivity contribution in [2.75, 3.05) is 5.73 Å². The Morgan fingerprint density at radius 1 is 1.36 bits per heavy atom. The number of benzene rings is 1. The smallest absolute Gasteiger partial charge is 0.399 e. The highest BCUT2D eigenvalue weighted by atomic mass is 19.1. The highest BCUT2D eigenvalue weighted by Crippen LogP contribution is 2.12. The number of nitrogen functional groups attached to an aromatic ring is 1. The number of primary amides is 1. The van der Waals surface area contributed by atoms with Crippen molar-refractivity contribution in [1.82, 2.24) is 0 Å². The molecule has 0 spiro atoms. The van der Waals surface area contributed by atoms with Crippen LogP contribution in [0.15, 0.2) is 18.2 Å². The van der Waals surface area contributed by atoms with E-state index in [0.29, 0.717) is 0 Å². The molecule has 0 aliphatic carbocycles. The minimum absolute atomic E-state index is 0.165. The number of ether oxygens (including phenoxy) is 1. The van der Waals surface area contributed by atoms with Crippen molar-refractivity contribution in [3.05, 3.63) is 29.6 Å². The Kier molecular flexibility index (Phi) is 2.66. The molecule has 1 rings (SSSR count). The number of hydrogen-bond donors (Lipinski definition) is 2. The lowest BCUT2D eigenvalue weighted by Gasteiger charge is -2.01. The topological polar surface area (TPSA) is 95.4 Å². The van der Waals surface area contributed by atoms with Crippen LogP contribution < -0.4 is 11.5 Å². The standard InChI is InChI=1S/C8H7FN2O3/c9-6-3-4(10)1-2-5(6)7(12)14-8(11)13/h1-3H,10H2,(H2,11,13). The third-order valence-corrected chi connectivity index (χ3v) is 1.41. The number of amides is 1. The van der Waals surface area contributed by atoms with Crippen LogP contribution in [0.3, 0.4) is 0 Å². The number of halogens is 1. The van der Waals surface area contributed by atoms with E-state index in [0.717, 1.165) is 12.1 Å². The number of anilines is 1. The van der Waals surface area contributed by atoms with Gasteiger partial charge in [0.05, 0.1) is 5.56 Å². The molecule has 0 heterocycles. The molecule has 1 aromatic rings. The van der Waals surface area contributed by atoms with Gasteiger partial charge >= 0.3 is 12.1 Å². The molecule has 4 N–H and O–H groups in total. The number of hydrogen-bond acceptors (Lipinski definition) is 4. The van der Waals surface area contributed by atoms with Gasteiger partial charge < -0.3 is 16.2 Å². The lowest BCUT2D eigenvalue weighted by Crippen LogP contribution is -2.19. The summed E-state index contributed by atoms with van der Waals surface area (Å²) < 4.78 is 17.0. The molecule has 14 heavy (non-hydrogen) atoms. The summed E-state index contributed by atoms with van der Waals surface area (Å²) in [7, 11) is 0. The lowest BCUT2D eigenvalue weighted by atomic mass is 10.2. The maximum Gasteiger partial charge on any atom is 0.412 e. The molecule has 74 valence electrons. The van der Waals surface area contributed by atoms with Gasteiger partial charge in [-0.05, 0) is 18.2 Å². The highest BCUT2D eigenvalue weighted by molar-refractivity contribution is 5.96. The van der Waals surface area contributed by atoms with E-state index in [4.69, 9.17) is 5.73 Å². The predicted octanol–water partition coefficient (Wildman–Crippen LogP) is 0.643. The number of nitrogens with two attached hydrogens (primary N) is 2. The average Bonchev–Trinajstić information content (AvgIpc) is 2.01. The van der Waals surface area contributed by atoms with Gasteiger partial charge in [0.1, 0.15) is 5.82 Å². The van der Waals surface area contributed by atoms with Gasteiger partial charge in [-0.15, -0.1) is 0 Å². The van der Waals surface area contributed by atoms with Crippen LogP contribution in [0.1, 0.15) is 10.4 Å². The maximum absolute atomic E-state index is 13.0. The Balaban J connectivity index is 2.96. The number of rotatable bonds is 1. The fourth-order valence-corrected chi connectivity index (χ4v) is 0.843. The Morgan fingerprint density at radius 3 is 2.50 bits per heavy atom. The van der Waals surface area contributed by atoms with E-state index in [1.165, 1.54) is 6.07 Å². The largest absolute Gasteiger partial charge is 0.412 e. The lowest BCUT2D eigenvalue weighted by molar-refractivity contribution is 0.0633. The summed E-state index contributed by atoms with van der Waals surface area (Å²) in [6.07, 6.45) is -1.29. The second-order valence-corrected chi connectivity index (χ2v) is 2.45. The molecule has 0 aliphatic heterocycles. The molecule has 0 unspecified atom stereocenters. The molecule has 1 aromatic carbocycles. The summed E-state index contributed by atoms with van der Waals surface area (Å²) in [6.45, 7) is 0. The predicted molar refractivity (Wildman–Crippen MR) is 45.8 cm³/mol. The number of esters is 1. The second kappa shape index (κ2) is 3.73. The SMILES string of the molecule is NC(=O)OC(=O)c1ccc(N)cc1F. The fourth-order valence-electron chi connectivity index (χ4n) is 0.843. The van der Waals surface area contributed by atoms with E-state index in [9.17, 15) is 14.0 Å². The maximum atomic E-state index is 13.0. The van der Waals surface area contributed by atoms with Crippen LogP contribution >= 0.6 is 0 Å².